The molecule has 0 radical (unpaired) electrons. The number of hydrazine groups is 1. The van der Waals surface area contributed by atoms with Gasteiger partial charge in [-0.15, -0.1) is 0 Å². The molecule has 0 aliphatic carbocycles. The van der Waals surface area contributed by atoms with E-state index in [0.717, 1.165) is 29.6 Å². The third-order valence-corrected chi connectivity index (χ3v) is 3.25. The van der Waals surface area contributed by atoms with Crippen molar-refractivity contribution in [2.45, 2.75) is 19.8 Å². The summed E-state index contributed by atoms with van der Waals surface area (Å²) in [4.78, 5) is 8.68. The first-order valence-corrected chi connectivity index (χ1v) is 6.86. The smallest absolute Gasteiger partial charge is 0.225 e. The van der Waals surface area contributed by atoms with Crippen LogP contribution in [0.2, 0.25) is 5.28 Å². The van der Waals surface area contributed by atoms with E-state index < -0.39 is 0 Å². The molecule has 3 heterocycles. The predicted octanol–water partition coefficient (Wildman–Crippen LogP) is 2.32. The van der Waals surface area contributed by atoms with Crippen LogP contribution in [-0.4, -0.2) is 19.7 Å². The lowest BCUT2D eigenvalue weighted by Gasteiger charge is -2.21. The predicted molar refractivity (Wildman–Crippen MR) is 79.2 cm³/mol. The molecule has 1 aliphatic heterocycles. The fourth-order valence-corrected chi connectivity index (χ4v) is 2.42. The first-order valence-electron chi connectivity index (χ1n) is 6.48. The zero-order valence-electron chi connectivity index (χ0n) is 11.3. The van der Waals surface area contributed by atoms with Gasteiger partial charge in [0, 0.05) is 19.4 Å². The van der Waals surface area contributed by atoms with E-state index in [9.17, 15) is 0 Å². The van der Waals surface area contributed by atoms with E-state index in [0.29, 0.717) is 5.82 Å². The number of anilines is 1. The van der Waals surface area contributed by atoms with Crippen molar-refractivity contribution in [1.29, 1.82) is 0 Å². The minimum absolute atomic E-state index is 0.225. The Balaban J connectivity index is 2.21. The molecule has 0 atom stereocenters. The molecule has 0 saturated carbocycles. The highest BCUT2D eigenvalue weighted by Gasteiger charge is 2.19. The van der Waals surface area contributed by atoms with Gasteiger partial charge in [0.05, 0.1) is 5.69 Å². The van der Waals surface area contributed by atoms with Gasteiger partial charge in [-0.3, -0.25) is 4.68 Å². The highest BCUT2D eigenvalue weighted by Crippen LogP contribution is 2.27. The molecule has 7 heteroatoms. The van der Waals surface area contributed by atoms with Crippen LogP contribution in [0.15, 0.2) is 24.6 Å². The van der Waals surface area contributed by atoms with Crippen LogP contribution in [-0.2, 0) is 13.5 Å². The van der Waals surface area contributed by atoms with E-state index in [1.165, 1.54) is 0 Å². The lowest BCUT2D eigenvalue weighted by atomic mass is 10.2. The van der Waals surface area contributed by atoms with Crippen LogP contribution in [0.25, 0.3) is 11.0 Å². The van der Waals surface area contributed by atoms with Crippen LogP contribution in [0.5, 0.6) is 0 Å². The highest BCUT2D eigenvalue weighted by molar-refractivity contribution is 6.28. The van der Waals surface area contributed by atoms with Gasteiger partial charge in [0.2, 0.25) is 5.28 Å². The molecule has 2 aromatic rings. The molecular weight excluding hydrogens is 276 g/mol. The summed E-state index contributed by atoms with van der Waals surface area (Å²) in [6, 6.07) is 0. The van der Waals surface area contributed by atoms with Crippen molar-refractivity contribution in [2.24, 2.45) is 7.05 Å². The first-order chi connectivity index (χ1) is 9.70. The normalized spacial score (nSPS) is 14.1. The lowest BCUT2D eigenvalue weighted by Crippen LogP contribution is -2.31. The topological polar surface area (TPSA) is 58.9 Å². The van der Waals surface area contributed by atoms with Gasteiger partial charge in [-0.05, 0) is 30.2 Å². The minimum Gasteiger partial charge on any atom is -0.300 e. The van der Waals surface area contributed by atoms with Gasteiger partial charge in [0.1, 0.15) is 11.0 Å². The van der Waals surface area contributed by atoms with Gasteiger partial charge in [0.25, 0.3) is 0 Å². The van der Waals surface area contributed by atoms with Crippen molar-refractivity contribution in [3.8, 4) is 0 Å². The van der Waals surface area contributed by atoms with E-state index in [1.807, 2.05) is 31.6 Å². The Kier molecular flexibility index (Phi) is 3.31. The monoisotopic (exact) mass is 290 g/mol. The number of hydrogen-bond acceptors (Lipinski definition) is 5. The third-order valence-electron chi connectivity index (χ3n) is 3.08. The Morgan fingerprint density at radius 2 is 2.15 bits per heavy atom. The third kappa shape index (κ3) is 2.12. The van der Waals surface area contributed by atoms with Gasteiger partial charge in [-0.25, -0.2) is 9.99 Å². The average molecular weight is 291 g/mol. The average Bonchev–Trinajstić information content (AvgIpc) is 2.76. The van der Waals surface area contributed by atoms with Crippen LogP contribution in [0.1, 0.15) is 19.0 Å². The lowest BCUT2D eigenvalue weighted by molar-refractivity contribution is 0.748. The summed E-state index contributed by atoms with van der Waals surface area (Å²) in [5.41, 5.74) is 5.73. The number of aromatic nitrogens is 4. The number of fused-ring (bicyclic) bond motifs is 1. The zero-order chi connectivity index (χ0) is 14.1. The fraction of sp³-hybridized carbons (Fsp3) is 0.308. The molecule has 0 aromatic carbocycles. The van der Waals surface area contributed by atoms with Crippen LogP contribution >= 0.6 is 11.6 Å². The second kappa shape index (κ2) is 5.13. The summed E-state index contributed by atoms with van der Waals surface area (Å²) < 4.78 is 1.81. The summed E-state index contributed by atoms with van der Waals surface area (Å²) in [5, 5.41) is 6.56. The van der Waals surface area contributed by atoms with E-state index in [4.69, 9.17) is 11.6 Å². The Labute approximate surface area is 121 Å². The molecule has 1 N–H and O–H groups in total. The van der Waals surface area contributed by atoms with Gasteiger partial charge in [-0.1, -0.05) is 13.3 Å². The Bertz CT molecular complexity index is 702. The van der Waals surface area contributed by atoms with Crippen molar-refractivity contribution < 1.29 is 0 Å². The van der Waals surface area contributed by atoms with Crippen molar-refractivity contribution in [3.05, 3.63) is 35.5 Å². The Hall–Kier alpha value is -2.08. The van der Waals surface area contributed by atoms with Gasteiger partial charge >= 0.3 is 0 Å². The van der Waals surface area contributed by atoms with E-state index in [-0.39, 0.29) is 5.28 Å². The molecule has 0 amide bonds. The molecule has 0 unspecified atom stereocenters. The number of aryl methyl sites for hydroxylation is 2. The fourth-order valence-electron chi connectivity index (χ4n) is 2.26. The van der Waals surface area contributed by atoms with Crippen LogP contribution in [0, 0.1) is 0 Å². The van der Waals surface area contributed by atoms with E-state index in [2.05, 4.69) is 27.4 Å². The maximum absolute atomic E-state index is 6.07. The summed E-state index contributed by atoms with van der Waals surface area (Å²) >= 11 is 6.07. The Morgan fingerprint density at radius 3 is 2.85 bits per heavy atom. The van der Waals surface area contributed by atoms with Gasteiger partial charge < -0.3 is 5.43 Å². The number of rotatable bonds is 3. The van der Waals surface area contributed by atoms with Crippen LogP contribution < -0.4 is 10.4 Å². The molecule has 2 aromatic heterocycles. The standard InChI is InChI=1S/C13H15ClN6/c1-3-6-9-10-11(19(2)18-9)12(17-13(14)16-10)20-8-5-4-7-15-20/h4-5,7-8,15H,3,6H2,1-2H3. The summed E-state index contributed by atoms with van der Waals surface area (Å²) in [6.45, 7) is 2.12. The number of nitrogens with one attached hydrogen (secondary N) is 1. The quantitative estimate of drug-likeness (QED) is 0.879. The number of hydrogen-bond donors (Lipinski definition) is 1. The first kappa shape index (κ1) is 12.9. The van der Waals surface area contributed by atoms with Gasteiger partial charge in [0.15, 0.2) is 5.82 Å². The van der Waals surface area contributed by atoms with Crippen LogP contribution in [0.4, 0.5) is 5.82 Å². The van der Waals surface area contributed by atoms with E-state index in [1.54, 1.807) is 9.69 Å². The molecule has 6 nitrogen and oxygen atoms in total. The second-order valence-corrected chi connectivity index (χ2v) is 4.87. The SMILES string of the molecule is CCCc1nn(C)c2c(N3C=CC=CN3)nc(Cl)nc12. The van der Waals surface area contributed by atoms with Crippen molar-refractivity contribution in [2.75, 3.05) is 5.01 Å². The van der Waals surface area contributed by atoms with Crippen molar-refractivity contribution >= 4 is 28.5 Å². The summed E-state index contributed by atoms with van der Waals surface area (Å²) in [7, 11) is 1.89. The van der Waals surface area contributed by atoms with Crippen LogP contribution in [0.3, 0.4) is 0 Å². The summed E-state index contributed by atoms with van der Waals surface area (Å²) in [5.74, 6) is 0.693. The molecular formula is C13H15ClN6. The van der Waals surface area contributed by atoms with Crippen molar-refractivity contribution in [3.63, 3.8) is 0 Å². The number of allylic oxidation sites excluding steroid dienone is 2. The minimum atomic E-state index is 0.225. The maximum Gasteiger partial charge on any atom is 0.225 e. The molecule has 1 aliphatic rings. The molecule has 0 spiro atoms. The second-order valence-electron chi connectivity index (χ2n) is 4.53. The Morgan fingerprint density at radius 1 is 1.30 bits per heavy atom. The largest absolute Gasteiger partial charge is 0.300 e. The number of nitrogens with zero attached hydrogens (tertiary/aromatic N) is 5. The maximum atomic E-state index is 6.07. The zero-order valence-corrected chi connectivity index (χ0v) is 12.1. The molecule has 0 fully saturated rings. The van der Waals surface area contributed by atoms with E-state index >= 15 is 0 Å². The number of halogens is 1. The molecule has 0 bridgehead atoms. The molecule has 3 rings (SSSR count). The molecule has 0 saturated heterocycles. The highest BCUT2D eigenvalue weighted by atomic mass is 35.5. The molecule has 20 heavy (non-hydrogen) atoms. The van der Waals surface area contributed by atoms with Gasteiger partial charge in [-0.2, -0.15) is 10.1 Å². The van der Waals surface area contributed by atoms with Crippen molar-refractivity contribution in [1.82, 2.24) is 25.2 Å². The summed E-state index contributed by atoms with van der Waals surface area (Å²) in [6.07, 6.45) is 9.40. The molecule has 104 valence electrons.